The molecule has 6 heteroatoms. The maximum absolute atomic E-state index is 11.9. The van der Waals surface area contributed by atoms with E-state index in [1.54, 1.807) is 4.90 Å². The van der Waals surface area contributed by atoms with E-state index < -0.39 is 0 Å². The summed E-state index contributed by atoms with van der Waals surface area (Å²) in [5.74, 6) is -0.345. The minimum Gasteiger partial charge on any atom is -0.346 e. The van der Waals surface area contributed by atoms with E-state index in [1.165, 1.54) is 5.56 Å². The second-order valence-corrected chi connectivity index (χ2v) is 5.12. The fourth-order valence-electron chi connectivity index (χ4n) is 2.36. The van der Waals surface area contributed by atoms with Gasteiger partial charge in [-0.2, -0.15) is 0 Å². The standard InChI is InChI=1S/C15H22N4O2/c16-10-14(20)17-11-15(21)19-8-6-18(7-9-19)12-13-4-2-1-3-5-13/h1-5H,6-12,16H2,(H,17,20). The Morgan fingerprint density at radius 3 is 2.38 bits per heavy atom. The van der Waals surface area contributed by atoms with Crippen LogP contribution in [0.15, 0.2) is 30.3 Å². The Bertz CT molecular complexity index is 470. The van der Waals surface area contributed by atoms with Crippen molar-refractivity contribution in [3.05, 3.63) is 35.9 Å². The number of carbonyl (C=O) groups excluding carboxylic acids is 2. The lowest BCUT2D eigenvalue weighted by Gasteiger charge is -2.34. The highest BCUT2D eigenvalue weighted by Crippen LogP contribution is 2.08. The number of carbonyl (C=O) groups is 2. The van der Waals surface area contributed by atoms with Crippen LogP contribution in [0.5, 0.6) is 0 Å². The molecule has 0 bridgehead atoms. The molecule has 0 atom stereocenters. The molecular formula is C15H22N4O2. The number of nitrogens with zero attached hydrogens (tertiary/aromatic N) is 2. The highest BCUT2D eigenvalue weighted by molar-refractivity contribution is 5.85. The van der Waals surface area contributed by atoms with Gasteiger partial charge in [0.2, 0.25) is 11.8 Å². The van der Waals surface area contributed by atoms with Crippen LogP contribution in [0, 0.1) is 0 Å². The van der Waals surface area contributed by atoms with E-state index >= 15 is 0 Å². The molecule has 1 aliphatic heterocycles. The average Bonchev–Trinajstić information content (AvgIpc) is 2.54. The maximum atomic E-state index is 11.9. The predicted molar refractivity (Wildman–Crippen MR) is 80.4 cm³/mol. The largest absolute Gasteiger partial charge is 0.346 e. The molecule has 6 nitrogen and oxygen atoms in total. The quantitative estimate of drug-likeness (QED) is 0.759. The summed E-state index contributed by atoms with van der Waals surface area (Å²) in [7, 11) is 0. The van der Waals surface area contributed by atoms with E-state index in [2.05, 4.69) is 22.3 Å². The zero-order valence-corrected chi connectivity index (χ0v) is 12.1. The van der Waals surface area contributed by atoms with Crippen LogP contribution in [0.25, 0.3) is 0 Å². The lowest BCUT2D eigenvalue weighted by Crippen LogP contribution is -2.51. The summed E-state index contributed by atoms with van der Waals surface area (Å²) in [6.45, 7) is 3.96. The molecule has 0 spiro atoms. The zero-order chi connectivity index (χ0) is 15.1. The molecular weight excluding hydrogens is 268 g/mol. The molecule has 1 aromatic rings. The van der Waals surface area contributed by atoms with Gasteiger partial charge in [-0.15, -0.1) is 0 Å². The summed E-state index contributed by atoms with van der Waals surface area (Å²) in [5.41, 5.74) is 6.47. The van der Waals surface area contributed by atoms with E-state index in [1.807, 2.05) is 18.2 Å². The van der Waals surface area contributed by atoms with Crippen LogP contribution in [-0.4, -0.2) is 60.9 Å². The predicted octanol–water partition coefficient (Wildman–Crippen LogP) is -0.594. The molecule has 0 aliphatic carbocycles. The van der Waals surface area contributed by atoms with E-state index in [4.69, 9.17) is 5.73 Å². The highest BCUT2D eigenvalue weighted by atomic mass is 16.2. The molecule has 114 valence electrons. The van der Waals surface area contributed by atoms with Crippen LogP contribution in [0.4, 0.5) is 0 Å². The number of hydrogen-bond donors (Lipinski definition) is 2. The van der Waals surface area contributed by atoms with Crippen LogP contribution in [0.3, 0.4) is 0 Å². The third-order valence-corrected chi connectivity index (χ3v) is 3.60. The Hall–Kier alpha value is -1.92. The second kappa shape index (κ2) is 7.75. The molecule has 0 radical (unpaired) electrons. The fourth-order valence-corrected chi connectivity index (χ4v) is 2.36. The van der Waals surface area contributed by atoms with E-state index in [0.717, 1.165) is 19.6 Å². The van der Waals surface area contributed by atoms with Gasteiger partial charge in [-0.3, -0.25) is 14.5 Å². The van der Waals surface area contributed by atoms with Gasteiger partial charge in [0.15, 0.2) is 0 Å². The number of nitrogens with one attached hydrogen (secondary N) is 1. The Kier molecular flexibility index (Phi) is 5.71. The first-order valence-electron chi connectivity index (χ1n) is 7.20. The summed E-state index contributed by atoms with van der Waals surface area (Å²) in [5, 5.41) is 2.51. The molecule has 1 heterocycles. The Labute approximate surface area is 124 Å². The molecule has 2 rings (SSSR count). The second-order valence-electron chi connectivity index (χ2n) is 5.12. The van der Waals surface area contributed by atoms with Crippen LogP contribution in [0.1, 0.15) is 5.56 Å². The third-order valence-electron chi connectivity index (χ3n) is 3.60. The lowest BCUT2D eigenvalue weighted by atomic mass is 10.2. The SMILES string of the molecule is NCC(=O)NCC(=O)N1CCN(Cc2ccccc2)CC1. The fraction of sp³-hybridized carbons (Fsp3) is 0.467. The van der Waals surface area contributed by atoms with Crippen LogP contribution < -0.4 is 11.1 Å². The van der Waals surface area contributed by atoms with Crippen molar-refractivity contribution in [1.82, 2.24) is 15.1 Å². The molecule has 0 saturated carbocycles. The molecule has 21 heavy (non-hydrogen) atoms. The van der Waals surface area contributed by atoms with Gasteiger partial charge >= 0.3 is 0 Å². The van der Waals surface area contributed by atoms with Gasteiger partial charge in [-0.25, -0.2) is 0 Å². The smallest absolute Gasteiger partial charge is 0.242 e. The van der Waals surface area contributed by atoms with Gasteiger partial charge in [0, 0.05) is 32.7 Å². The van der Waals surface area contributed by atoms with Crippen molar-refractivity contribution >= 4 is 11.8 Å². The van der Waals surface area contributed by atoms with Crippen molar-refractivity contribution in [3.63, 3.8) is 0 Å². The van der Waals surface area contributed by atoms with Crippen LogP contribution >= 0.6 is 0 Å². The monoisotopic (exact) mass is 290 g/mol. The summed E-state index contributed by atoms with van der Waals surface area (Å²) < 4.78 is 0. The third kappa shape index (κ3) is 4.84. The summed E-state index contributed by atoms with van der Waals surface area (Å²) in [6, 6.07) is 10.3. The highest BCUT2D eigenvalue weighted by Gasteiger charge is 2.21. The van der Waals surface area contributed by atoms with E-state index in [9.17, 15) is 9.59 Å². The Balaban J connectivity index is 1.72. The number of piperazine rings is 1. The van der Waals surface area contributed by atoms with Crippen molar-refractivity contribution in [2.45, 2.75) is 6.54 Å². The first-order chi connectivity index (χ1) is 10.2. The number of nitrogens with two attached hydrogens (primary N) is 1. The minimum absolute atomic E-state index is 0.0364. The number of benzene rings is 1. The summed E-state index contributed by atoms with van der Waals surface area (Å²) in [4.78, 5) is 27.1. The minimum atomic E-state index is -0.300. The normalized spacial score (nSPS) is 15.8. The van der Waals surface area contributed by atoms with Crippen molar-refractivity contribution in [3.8, 4) is 0 Å². The van der Waals surface area contributed by atoms with Gasteiger partial charge in [0.25, 0.3) is 0 Å². The van der Waals surface area contributed by atoms with E-state index in [0.29, 0.717) is 13.1 Å². The van der Waals surface area contributed by atoms with E-state index in [-0.39, 0.29) is 24.9 Å². The van der Waals surface area contributed by atoms with Crippen molar-refractivity contribution < 1.29 is 9.59 Å². The maximum Gasteiger partial charge on any atom is 0.242 e. The van der Waals surface area contributed by atoms with Crippen LogP contribution in [0.2, 0.25) is 0 Å². The number of amides is 2. The average molecular weight is 290 g/mol. The van der Waals surface area contributed by atoms with Gasteiger partial charge in [-0.05, 0) is 5.56 Å². The van der Waals surface area contributed by atoms with Crippen molar-refractivity contribution in [2.24, 2.45) is 5.73 Å². The molecule has 1 fully saturated rings. The van der Waals surface area contributed by atoms with Gasteiger partial charge < -0.3 is 16.0 Å². The topological polar surface area (TPSA) is 78.7 Å². The van der Waals surface area contributed by atoms with Crippen molar-refractivity contribution in [2.75, 3.05) is 39.3 Å². The Morgan fingerprint density at radius 2 is 1.76 bits per heavy atom. The van der Waals surface area contributed by atoms with Crippen LogP contribution in [-0.2, 0) is 16.1 Å². The summed E-state index contributed by atoms with van der Waals surface area (Å²) in [6.07, 6.45) is 0. The molecule has 1 saturated heterocycles. The summed E-state index contributed by atoms with van der Waals surface area (Å²) >= 11 is 0. The molecule has 0 unspecified atom stereocenters. The number of hydrogen-bond acceptors (Lipinski definition) is 4. The van der Waals surface area contributed by atoms with Crippen molar-refractivity contribution in [1.29, 1.82) is 0 Å². The molecule has 1 aliphatic rings. The lowest BCUT2D eigenvalue weighted by molar-refractivity contribution is -0.134. The first-order valence-corrected chi connectivity index (χ1v) is 7.20. The molecule has 0 aromatic heterocycles. The number of rotatable bonds is 5. The van der Waals surface area contributed by atoms with Gasteiger partial charge in [0.05, 0.1) is 13.1 Å². The van der Waals surface area contributed by atoms with Gasteiger partial charge in [-0.1, -0.05) is 30.3 Å². The molecule has 3 N–H and O–H groups in total. The molecule has 2 amide bonds. The zero-order valence-electron chi connectivity index (χ0n) is 12.1. The first kappa shape index (κ1) is 15.5. The molecule has 1 aromatic carbocycles. The van der Waals surface area contributed by atoms with Gasteiger partial charge in [0.1, 0.15) is 0 Å². The Morgan fingerprint density at radius 1 is 1.10 bits per heavy atom.